The van der Waals surface area contributed by atoms with Crippen LogP contribution in [-0.4, -0.2) is 21.9 Å². The standard InChI is InChI=1S/C13H18N2O3S/c1-4-13(5-2,17-6-3)12-14-11(18-15-12)10-9(16)7-8-19-10/h7-8,16H,4-6H2,1-3H3. The highest BCUT2D eigenvalue weighted by Gasteiger charge is 2.35. The summed E-state index contributed by atoms with van der Waals surface area (Å²) >= 11 is 1.37. The molecule has 0 fully saturated rings. The Labute approximate surface area is 116 Å². The van der Waals surface area contributed by atoms with Crippen molar-refractivity contribution in [2.75, 3.05) is 6.61 Å². The van der Waals surface area contributed by atoms with Gasteiger partial charge in [0.25, 0.3) is 5.89 Å². The summed E-state index contributed by atoms with van der Waals surface area (Å²) < 4.78 is 11.1. The predicted molar refractivity (Wildman–Crippen MR) is 73.2 cm³/mol. The Kier molecular flexibility index (Phi) is 4.21. The Bertz CT molecular complexity index is 531. The Balaban J connectivity index is 2.36. The topological polar surface area (TPSA) is 68.4 Å². The van der Waals surface area contributed by atoms with Crippen molar-refractivity contribution in [3.63, 3.8) is 0 Å². The van der Waals surface area contributed by atoms with Crippen molar-refractivity contribution < 1.29 is 14.4 Å². The number of hydrogen-bond donors (Lipinski definition) is 1. The molecular weight excluding hydrogens is 264 g/mol. The molecule has 5 nitrogen and oxygen atoms in total. The Hall–Kier alpha value is -1.40. The lowest BCUT2D eigenvalue weighted by molar-refractivity contribution is -0.0583. The van der Waals surface area contributed by atoms with Gasteiger partial charge in [-0.25, -0.2) is 0 Å². The van der Waals surface area contributed by atoms with Crippen LogP contribution in [0.5, 0.6) is 5.75 Å². The Morgan fingerprint density at radius 2 is 2.11 bits per heavy atom. The second kappa shape index (κ2) is 5.71. The molecule has 19 heavy (non-hydrogen) atoms. The first-order valence-corrected chi connectivity index (χ1v) is 7.29. The van der Waals surface area contributed by atoms with Crippen LogP contribution in [0.2, 0.25) is 0 Å². The number of aromatic nitrogens is 2. The first-order chi connectivity index (χ1) is 9.16. The van der Waals surface area contributed by atoms with Crippen LogP contribution in [0.3, 0.4) is 0 Å². The van der Waals surface area contributed by atoms with E-state index in [0.29, 0.717) is 23.2 Å². The molecule has 0 amide bonds. The molecule has 0 saturated carbocycles. The van der Waals surface area contributed by atoms with Crippen molar-refractivity contribution in [1.82, 2.24) is 10.1 Å². The van der Waals surface area contributed by atoms with Gasteiger partial charge in [0.05, 0.1) is 0 Å². The number of aromatic hydroxyl groups is 1. The van der Waals surface area contributed by atoms with Crippen LogP contribution in [0.25, 0.3) is 10.8 Å². The maximum atomic E-state index is 9.69. The molecule has 0 radical (unpaired) electrons. The summed E-state index contributed by atoms with van der Waals surface area (Å²) in [5.41, 5.74) is -0.511. The second-order valence-electron chi connectivity index (χ2n) is 4.19. The van der Waals surface area contributed by atoms with Gasteiger partial charge in [0, 0.05) is 6.61 Å². The van der Waals surface area contributed by atoms with E-state index in [-0.39, 0.29) is 5.75 Å². The van der Waals surface area contributed by atoms with Gasteiger partial charge in [-0.3, -0.25) is 0 Å². The van der Waals surface area contributed by atoms with Crippen molar-refractivity contribution >= 4 is 11.3 Å². The molecule has 0 bridgehead atoms. The van der Waals surface area contributed by atoms with E-state index in [4.69, 9.17) is 9.26 Å². The van der Waals surface area contributed by atoms with Crippen molar-refractivity contribution in [1.29, 1.82) is 0 Å². The van der Waals surface area contributed by atoms with Crippen LogP contribution in [-0.2, 0) is 10.3 Å². The fourth-order valence-electron chi connectivity index (χ4n) is 2.07. The third-order valence-corrected chi connectivity index (χ3v) is 4.13. The largest absolute Gasteiger partial charge is 0.506 e. The molecule has 0 atom stereocenters. The zero-order valence-electron chi connectivity index (χ0n) is 11.3. The average molecular weight is 282 g/mol. The summed E-state index contributed by atoms with van der Waals surface area (Å²) in [6.45, 7) is 6.62. The zero-order valence-corrected chi connectivity index (χ0v) is 12.2. The number of ether oxygens (including phenoxy) is 1. The molecule has 0 aliphatic rings. The van der Waals surface area contributed by atoms with Crippen LogP contribution < -0.4 is 0 Å². The molecule has 0 aliphatic carbocycles. The lowest BCUT2D eigenvalue weighted by Gasteiger charge is -2.27. The molecule has 0 saturated heterocycles. The second-order valence-corrected chi connectivity index (χ2v) is 5.11. The molecule has 6 heteroatoms. The minimum absolute atomic E-state index is 0.162. The van der Waals surface area contributed by atoms with E-state index in [1.807, 2.05) is 20.8 Å². The zero-order chi connectivity index (χ0) is 13.9. The minimum atomic E-state index is -0.511. The predicted octanol–water partition coefficient (Wildman–Crippen LogP) is 3.56. The quantitative estimate of drug-likeness (QED) is 0.877. The van der Waals surface area contributed by atoms with Gasteiger partial charge in [-0.05, 0) is 31.2 Å². The van der Waals surface area contributed by atoms with E-state index in [1.54, 1.807) is 11.4 Å². The van der Waals surface area contributed by atoms with Crippen molar-refractivity contribution in [3.8, 4) is 16.5 Å². The van der Waals surface area contributed by atoms with Crippen LogP contribution in [0.15, 0.2) is 16.0 Å². The molecule has 1 N–H and O–H groups in total. The van der Waals surface area contributed by atoms with Crippen molar-refractivity contribution in [3.05, 3.63) is 17.3 Å². The van der Waals surface area contributed by atoms with E-state index in [0.717, 1.165) is 12.8 Å². The third kappa shape index (κ3) is 2.50. The maximum Gasteiger partial charge on any atom is 0.271 e. The molecule has 0 unspecified atom stereocenters. The van der Waals surface area contributed by atoms with E-state index >= 15 is 0 Å². The van der Waals surface area contributed by atoms with Crippen LogP contribution in [0.1, 0.15) is 39.4 Å². The smallest absolute Gasteiger partial charge is 0.271 e. The number of rotatable bonds is 6. The number of thiophene rings is 1. The highest BCUT2D eigenvalue weighted by atomic mass is 32.1. The highest BCUT2D eigenvalue weighted by molar-refractivity contribution is 7.13. The first kappa shape index (κ1) is 14.0. The molecule has 0 spiro atoms. The number of nitrogens with zero attached hydrogens (tertiary/aromatic N) is 2. The van der Waals surface area contributed by atoms with Gasteiger partial charge < -0.3 is 14.4 Å². The fraction of sp³-hybridized carbons (Fsp3) is 0.538. The number of hydrogen-bond acceptors (Lipinski definition) is 6. The minimum Gasteiger partial charge on any atom is -0.506 e. The van der Waals surface area contributed by atoms with Gasteiger partial charge in [-0.15, -0.1) is 11.3 Å². The highest BCUT2D eigenvalue weighted by Crippen LogP contribution is 2.36. The van der Waals surface area contributed by atoms with Crippen molar-refractivity contribution in [2.24, 2.45) is 0 Å². The molecule has 2 rings (SSSR count). The fourth-order valence-corrected chi connectivity index (χ4v) is 2.78. The van der Waals surface area contributed by atoms with Crippen molar-refractivity contribution in [2.45, 2.75) is 39.2 Å². The van der Waals surface area contributed by atoms with E-state index in [1.165, 1.54) is 11.3 Å². The van der Waals surface area contributed by atoms with Crippen LogP contribution >= 0.6 is 11.3 Å². The van der Waals surface area contributed by atoms with Gasteiger partial charge in [-0.1, -0.05) is 19.0 Å². The van der Waals surface area contributed by atoms with Gasteiger partial charge in [0.15, 0.2) is 0 Å². The van der Waals surface area contributed by atoms with E-state index in [9.17, 15) is 5.11 Å². The average Bonchev–Trinajstić information content (AvgIpc) is 3.04. The lowest BCUT2D eigenvalue weighted by Crippen LogP contribution is -2.29. The molecular formula is C13H18N2O3S. The van der Waals surface area contributed by atoms with Crippen LogP contribution in [0, 0.1) is 0 Å². The third-order valence-electron chi connectivity index (χ3n) is 3.24. The summed E-state index contributed by atoms with van der Waals surface area (Å²) in [7, 11) is 0. The monoisotopic (exact) mass is 282 g/mol. The molecule has 0 aromatic carbocycles. The summed E-state index contributed by atoms with van der Waals surface area (Å²) in [5.74, 6) is 1.05. The summed E-state index contributed by atoms with van der Waals surface area (Å²) in [6.07, 6.45) is 1.54. The van der Waals surface area contributed by atoms with Gasteiger partial charge in [-0.2, -0.15) is 4.98 Å². The van der Waals surface area contributed by atoms with Gasteiger partial charge in [0.2, 0.25) is 5.82 Å². The maximum absolute atomic E-state index is 9.69. The summed E-state index contributed by atoms with van der Waals surface area (Å²) in [4.78, 5) is 4.99. The van der Waals surface area contributed by atoms with E-state index < -0.39 is 5.60 Å². The van der Waals surface area contributed by atoms with Gasteiger partial charge >= 0.3 is 0 Å². The molecule has 2 heterocycles. The molecule has 104 valence electrons. The summed E-state index contributed by atoms with van der Waals surface area (Å²) in [6, 6.07) is 1.61. The molecule has 2 aromatic heterocycles. The lowest BCUT2D eigenvalue weighted by atomic mass is 9.96. The normalized spacial score (nSPS) is 11.9. The van der Waals surface area contributed by atoms with Crippen LogP contribution in [0.4, 0.5) is 0 Å². The Morgan fingerprint density at radius 3 is 2.63 bits per heavy atom. The van der Waals surface area contributed by atoms with Gasteiger partial charge in [0.1, 0.15) is 16.2 Å². The Morgan fingerprint density at radius 1 is 1.37 bits per heavy atom. The molecule has 0 aliphatic heterocycles. The SMILES string of the molecule is CCOC(CC)(CC)c1noc(-c2sccc2O)n1. The molecule has 2 aromatic rings. The van der Waals surface area contributed by atoms with E-state index in [2.05, 4.69) is 10.1 Å². The first-order valence-electron chi connectivity index (χ1n) is 6.41. The summed E-state index contributed by atoms with van der Waals surface area (Å²) in [5, 5.41) is 15.5.